The molecule has 5 rings (SSSR count). The van der Waals surface area contributed by atoms with E-state index < -0.39 is 18.1 Å². The van der Waals surface area contributed by atoms with Gasteiger partial charge in [0.15, 0.2) is 0 Å². The second-order valence-corrected chi connectivity index (χ2v) is 8.77. The Hall–Kier alpha value is -3.02. The molecule has 0 fully saturated rings. The quantitative estimate of drug-likeness (QED) is 0.531. The van der Waals surface area contributed by atoms with E-state index in [0.29, 0.717) is 15.6 Å². The van der Waals surface area contributed by atoms with Gasteiger partial charge in [0.2, 0.25) is 0 Å². The van der Waals surface area contributed by atoms with Crippen LogP contribution in [0.5, 0.6) is 0 Å². The molecule has 7 heteroatoms. The molecule has 0 saturated carbocycles. The van der Waals surface area contributed by atoms with Crippen molar-refractivity contribution in [2.75, 3.05) is 6.61 Å². The zero-order valence-corrected chi connectivity index (χ0v) is 18.4. The summed E-state index contributed by atoms with van der Waals surface area (Å²) in [6.07, 6.45) is -0.535. The molecule has 0 bridgehead atoms. The first-order valence-electron chi connectivity index (χ1n) is 10.3. The Morgan fingerprint density at radius 1 is 0.969 bits per heavy atom. The second kappa shape index (κ2) is 8.15. The van der Waals surface area contributed by atoms with E-state index in [2.05, 4.69) is 12.1 Å². The smallest absolute Gasteiger partial charge is 0.410 e. The largest absolute Gasteiger partial charge is 0.480 e. The van der Waals surface area contributed by atoms with Crippen LogP contribution in [0.1, 0.15) is 28.2 Å². The van der Waals surface area contributed by atoms with Gasteiger partial charge in [-0.3, -0.25) is 4.90 Å². The number of amides is 1. The van der Waals surface area contributed by atoms with E-state index in [1.807, 2.05) is 36.4 Å². The molecule has 0 spiro atoms. The predicted molar refractivity (Wildman–Crippen MR) is 122 cm³/mol. The number of nitrogens with zero attached hydrogens (tertiary/aromatic N) is 1. The second-order valence-electron chi connectivity index (χ2n) is 7.99. The lowest BCUT2D eigenvalue weighted by Crippen LogP contribution is -2.49. The van der Waals surface area contributed by atoms with Gasteiger partial charge in [-0.05, 0) is 39.4 Å². The molecular weight excluding hydrogens is 449 g/mol. The number of aliphatic carboxylic acids is 1. The van der Waals surface area contributed by atoms with Crippen LogP contribution in [-0.2, 0) is 22.5 Å². The van der Waals surface area contributed by atoms with Gasteiger partial charge in [0.25, 0.3) is 0 Å². The van der Waals surface area contributed by atoms with Gasteiger partial charge in [-0.15, -0.1) is 0 Å². The van der Waals surface area contributed by atoms with Crippen molar-refractivity contribution < 1.29 is 19.4 Å². The zero-order chi connectivity index (χ0) is 22.4. The van der Waals surface area contributed by atoms with Gasteiger partial charge in [-0.1, -0.05) is 77.8 Å². The van der Waals surface area contributed by atoms with Crippen LogP contribution < -0.4 is 0 Å². The van der Waals surface area contributed by atoms with E-state index in [0.717, 1.165) is 27.8 Å². The Morgan fingerprint density at radius 3 is 2.22 bits per heavy atom. The van der Waals surface area contributed by atoms with Crippen LogP contribution in [-0.4, -0.2) is 34.7 Å². The minimum Gasteiger partial charge on any atom is -0.480 e. The molecule has 1 amide bonds. The molecule has 0 radical (unpaired) electrons. The Kier molecular flexibility index (Phi) is 5.31. The van der Waals surface area contributed by atoms with Crippen LogP contribution in [0, 0.1) is 0 Å². The Labute approximate surface area is 195 Å². The third-order valence-electron chi connectivity index (χ3n) is 6.27. The first-order valence-corrected chi connectivity index (χ1v) is 11.0. The highest BCUT2D eigenvalue weighted by Crippen LogP contribution is 2.44. The summed E-state index contributed by atoms with van der Waals surface area (Å²) in [5.41, 5.74) is 5.87. The molecule has 1 aliphatic heterocycles. The number of ether oxygens (including phenoxy) is 1. The highest BCUT2D eigenvalue weighted by Gasteiger charge is 2.38. The summed E-state index contributed by atoms with van der Waals surface area (Å²) < 4.78 is 5.69. The summed E-state index contributed by atoms with van der Waals surface area (Å²) in [5, 5.41) is 10.4. The maximum atomic E-state index is 13.1. The van der Waals surface area contributed by atoms with Crippen molar-refractivity contribution in [3.63, 3.8) is 0 Å². The lowest BCUT2D eigenvalue weighted by atomic mass is 9.94. The molecule has 2 aliphatic rings. The molecule has 32 heavy (non-hydrogen) atoms. The Morgan fingerprint density at radius 2 is 1.59 bits per heavy atom. The number of carbonyl (C=O) groups is 2. The number of rotatable bonds is 3. The van der Waals surface area contributed by atoms with Gasteiger partial charge < -0.3 is 9.84 Å². The minimum absolute atomic E-state index is 0.0301. The summed E-state index contributed by atoms with van der Waals surface area (Å²) in [5.74, 6) is -1.19. The van der Waals surface area contributed by atoms with Crippen molar-refractivity contribution in [2.45, 2.75) is 24.9 Å². The number of fused-ring (bicyclic) bond motifs is 4. The molecule has 0 unspecified atom stereocenters. The van der Waals surface area contributed by atoms with Crippen molar-refractivity contribution in [1.82, 2.24) is 4.90 Å². The van der Waals surface area contributed by atoms with E-state index in [4.69, 9.17) is 27.9 Å². The highest BCUT2D eigenvalue weighted by molar-refractivity contribution is 6.42. The topological polar surface area (TPSA) is 66.8 Å². The predicted octanol–water partition coefficient (Wildman–Crippen LogP) is 5.75. The summed E-state index contributed by atoms with van der Waals surface area (Å²) >= 11 is 12.5. The fraction of sp³-hybridized carbons (Fsp3) is 0.200. The van der Waals surface area contributed by atoms with E-state index in [1.165, 1.54) is 4.90 Å². The molecule has 0 saturated heterocycles. The third kappa shape index (κ3) is 3.42. The molecule has 3 aromatic rings. The lowest BCUT2D eigenvalue weighted by Gasteiger charge is -2.34. The number of carboxylic acid groups (broad SMARTS) is 1. The average molecular weight is 468 g/mol. The first-order chi connectivity index (χ1) is 15.5. The molecule has 1 atom stereocenters. The minimum atomic E-state index is -1.09. The SMILES string of the molecule is O=C(O)[C@@H]1Cc2ccc(Cl)c(Cl)c2CN1C(=O)OCC1c2ccccc2-c2ccccc21. The number of hydrogen-bond donors (Lipinski definition) is 1. The number of benzene rings is 3. The fourth-order valence-corrected chi connectivity index (χ4v) is 5.10. The highest BCUT2D eigenvalue weighted by atomic mass is 35.5. The van der Waals surface area contributed by atoms with Crippen LogP contribution in [0.4, 0.5) is 4.79 Å². The first kappa shape index (κ1) is 20.9. The van der Waals surface area contributed by atoms with Crippen molar-refractivity contribution in [1.29, 1.82) is 0 Å². The summed E-state index contributed by atoms with van der Waals surface area (Å²) in [6, 6.07) is 18.5. The Bertz CT molecular complexity index is 1200. The molecule has 1 N–H and O–H groups in total. The summed E-state index contributed by atoms with van der Waals surface area (Å²) in [6.45, 7) is 0.147. The maximum Gasteiger partial charge on any atom is 0.410 e. The standard InChI is InChI=1S/C25H19Cl2NO4/c26-21-10-9-14-11-22(24(29)30)28(12-19(14)23(21)27)25(31)32-13-20-17-7-3-1-5-15(17)16-6-2-4-8-18(16)20/h1-10,20,22H,11-13H2,(H,29,30)/t22-/m0/s1. The molecule has 5 nitrogen and oxygen atoms in total. The van der Waals surface area contributed by atoms with Crippen LogP contribution in [0.15, 0.2) is 60.7 Å². The van der Waals surface area contributed by atoms with Gasteiger partial charge in [-0.25, -0.2) is 9.59 Å². The van der Waals surface area contributed by atoms with Crippen LogP contribution in [0.25, 0.3) is 11.1 Å². The fourth-order valence-electron chi connectivity index (χ4n) is 4.68. The number of carbonyl (C=O) groups excluding carboxylic acids is 1. The maximum absolute atomic E-state index is 13.1. The molecule has 0 aromatic heterocycles. The van der Waals surface area contributed by atoms with Gasteiger partial charge in [0.05, 0.1) is 16.6 Å². The molecule has 3 aromatic carbocycles. The normalized spacial score (nSPS) is 16.8. The monoisotopic (exact) mass is 467 g/mol. The van der Waals surface area contributed by atoms with Crippen LogP contribution in [0.3, 0.4) is 0 Å². The van der Waals surface area contributed by atoms with Crippen LogP contribution >= 0.6 is 23.2 Å². The van der Waals surface area contributed by atoms with Gasteiger partial charge >= 0.3 is 12.1 Å². The lowest BCUT2D eigenvalue weighted by molar-refractivity contribution is -0.143. The van der Waals surface area contributed by atoms with Crippen LogP contribution in [0.2, 0.25) is 10.0 Å². The van der Waals surface area contributed by atoms with E-state index in [-0.39, 0.29) is 25.5 Å². The molecule has 1 aliphatic carbocycles. The van der Waals surface area contributed by atoms with E-state index in [9.17, 15) is 14.7 Å². The number of hydrogen-bond acceptors (Lipinski definition) is 3. The van der Waals surface area contributed by atoms with E-state index in [1.54, 1.807) is 12.1 Å². The third-order valence-corrected chi connectivity index (χ3v) is 7.11. The molecule has 1 heterocycles. The molecular formula is C25H19Cl2NO4. The van der Waals surface area contributed by atoms with Gasteiger partial charge in [0.1, 0.15) is 12.6 Å². The molecule has 162 valence electrons. The van der Waals surface area contributed by atoms with Gasteiger partial charge in [-0.2, -0.15) is 0 Å². The number of halogens is 2. The summed E-state index contributed by atoms with van der Waals surface area (Å²) in [7, 11) is 0. The number of carboxylic acids is 1. The zero-order valence-electron chi connectivity index (χ0n) is 16.9. The van der Waals surface area contributed by atoms with Crippen molar-refractivity contribution in [3.05, 3.63) is 93.0 Å². The average Bonchev–Trinajstić information content (AvgIpc) is 3.13. The van der Waals surface area contributed by atoms with Crippen molar-refractivity contribution >= 4 is 35.3 Å². The van der Waals surface area contributed by atoms with Crippen molar-refractivity contribution in [2.24, 2.45) is 0 Å². The van der Waals surface area contributed by atoms with E-state index >= 15 is 0 Å². The summed E-state index contributed by atoms with van der Waals surface area (Å²) in [4.78, 5) is 26.2. The Balaban J connectivity index is 1.40. The van der Waals surface area contributed by atoms with Gasteiger partial charge in [0, 0.05) is 12.3 Å². The van der Waals surface area contributed by atoms with Crippen molar-refractivity contribution in [3.8, 4) is 11.1 Å².